The zero-order valence-electron chi connectivity index (χ0n) is 12.3. The third-order valence-electron chi connectivity index (χ3n) is 3.42. The lowest BCUT2D eigenvalue weighted by molar-refractivity contribution is 0.397. The number of aromatic nitrogens is 3. The molecule has 0 radical (unpaired) electrons. The number of pyridine rings is 1. The van der Waals surface area contributed by atoms with Crippen LogP contribution in [0.4, 0.5) is 11.6 Å². The van der Waals surface area contributed by atoms with Crippen LogP contribution >= 0.6 is 0 Å². The average molecular weight is 285 g/mol. The highest BCUT2D eigenvalue weighted by Gasteiger charge is 2.27. The van der Waals surface area contributed by atoms with Gasteiger partial charge in [0, 0.05) is 37.8 Å². The first-order chi connectivity index (χ1) is 10.3. The molecule has 0 atom stereocenters. The van der Waals surface area contributed by atoms with Crippen LogP contribution in [-0.4, -0.2) is 29.1 Å². The summed E-state index contributed by atoms with van der Waals surface area (Å²) < 4.78 is 5.13. The highest BCUT2D eigenvalue weighted by molar-refractivity contribution is 5.48. The molecule has 3 rings (SSSR count). The maximum Gasteiger partial charge on any atom is 0.213 e. The van der Waals surface area contributed by atoms with E-state index in [2.05, 4.69) is 25.6 Å². The largest absolute Gasteiger partial charge is 0.481 e. The summed E-state index contributed by atoms with van der Waals surface area (Å²) in [6.07, 6.45) is 4.12. The van der Waals surface area contributed by atoms with Crippen LogP contribution in [0.5, 0.6) is 5.88 Å². The molecule has 2 aromatic rings. The molecule has 110 valence electrons. The summed E-state index contributed by atoms with van der Waals surface area (Å²) in [5.41, 5.74) is 1.10. The predicted molar refractivity (Wildman–Crippen MR) is 81.7 cm³/mol. The first kappa shape index (κ1) is 13.6. The predicted octanol–water partition coefficient (Wildman–Crippen LogP) is 2.41. The van der Waals surface area contributed by atoms with E-state index in [0.717, 1.165) is 23.0 Å². The van der Waals surface area contributed by atoms with E-state index in [1.807, 2.05) is 25.2 Å². The van der Waals surface area contributed by atoms with E-state index in [1.54, 1.807) is 13.3 Å². The molecule has 0 bridgehead atoms. The molecule has 1 saturated carbocycles. The molecular weight excluding hydrogens is 266 g/mol. The molecule has 2 N–H and O–H groups in total. The minimum atomic E-state index is 0.528. The Hall–Kier alpha value is -2.37. The van der Waals surface area contributed by atoms with Gasteiger partial charge in [0.15, 0.2) is 0 Å². The molecular formula is C15H19N5O. The fraction of sp³-hybridized carbons (Fsp3) is 0.400. The fourth-order valence-corrected chi connectivity index (χ4v) is 2.07. The Labute approximate surface area is 124 Å². The summed E-state index contributed by atoms with van der Waals surface area (Å²) in [4.78, 5) is 13.2. The van der Waals surface area contributed by atoms with Gasteiger partial charge >= 0.3 is 0 Å². The van der Waals surface area contributed by atoms with Gasteiger partial charge in [-0.15, -0.1) is 0 Å². The van der Waals surface area contributed by atoms with Gasteiger partial charge in [0.2, 0.25) is 5.88 Å². The molecule has 2 aromatic heterocycles. The van der Waals surface area contributed by atoms with E-state index in [-0.39, 0.29) is 0 Å². The smallest absolute Gasteiger partial charge is 0.213 e. The maximum absolute atomic E-state index is 5.13. The zero-order valence-corrected chi connectivity index (χ0v) is 12.3. The SMILES string of the molecule is CNc1cc(NCc2ccnc(OC)c2)nc(C2CC2)n1. The van der Waals surface area contributed by atoms with Crippen molar-refractivity contribution < 1.29 is 4.74 Å². The highest BCUT2D eigenvalue weighted by atomic mass is 16.5. The first-order valence-electron chi connectivity index (χ1n) is 7.08. The van der Waals surface area contributed by atoms with Crippen LogP contribution in [0, 0.1) is 0 Å². The van der Waals surface area contributed by atoms with Crippen molar-refractivity contribution in [2.24, 2.45) is 0 Å². The third kappa shape index (κ3) is 3.39. The van der Waals surface area contributed by atoms with Crippen molar-refractivity contribution >= 4 is 11.6 Å². The number of nitrogens with zero attached hydrogens (tertiary/aromatic N) is 3. The molecule has 6 heteroatoms. The van der Waals surface area contributed by atoms with Crippen LogP contribution in [0.25, 0.3) is 0 Å². The molecule has 0 unspecified atom stereocenters. The van der Waals surface area contributed by atoms with E-state index < -0.39 is 0 Å². The van der Waals surface area contributed by atoms with E-state index in [4.69, 9.17) is 4.74 Å². The number of ether oxygens (including phenoxy) is 1. The number of nitrogens with one attached hydrogen (secondary N) is 2. The lowest BCUT2D eigenvalue weighted by Crippen LogP contribution is -2.06. The standard InChI is InChI=1S/C15H19N5O/c1-16-12-8-13(20-15(19-12)11-3-4-11)18-9-10-5-6-17-14(7-10)21-2/h5-8,11H,3-4,9H2,1-2H3,(H2,16,18,19,20). The Bertz CT molecular complexity index is 627. The van der Waals surface area contributed by atoms with Gasteiger partial charge in [-0.1, -0.05) is 0 Å². The van der Waals surface area contributed by atoms with Gasteiger partial charge in [-0.05, 0) is 24.5 Å². The monoisotopic (exact) mass is 285 g/mol. The van der Waals surface area contributed by atoms with Gasteiger partial charge in [-0.3, -0.25) is 0 Å². The summed E-state index contributed by atoms with van der Waals surface area (Å²) in [5.74, 6) is 3.76. The number of methoxy groups -OCH3 is 1. The van der Waals surface area contributed by atoms with Crippen molar-refractivity contribution in [2.75, 3.05) is 24.8 Å². The first-order valence-corrected chi connectivity index (χ1v) is 7.08. The Morgan fingerprint density at radius 2 is 2.05 bits per heavy atom. The highest BCUT2D eigenvalue weighted by Crippen LogP contribution is 2.38. The maximum atomic E-state index is 5.13. The van der Waals surface area contributed by atoms with Crippen LogP contribution in [0.1, 0.15) is 30.1 Å². The van der Waals surface area contributed by atoms with Crippen LogP contribution < -0.4 is 15.4 Å². The zero-order chi connectivity index (χ0) is 14.7. The number of hydrogen-bond acceptors (Lipinski definition) is 6. The van der Waals surface area contributed by atoms with Crippen molar-refractivity contribution in [1.82, 2.24) is 15.0 Å². The molecule has 1 fully saturated rings. The Morgan fingerprint density at radius 3 is 2.76 bits per heavy atom. The van der Waals surface area contributed by atoms with Gasteiger partial charge in [-0.2, -0.15) is 0 Å². The van der Waals surface area contributed by atoms with E-state index >= 15 is 0 Å². The minimum absolute atomic E-state index is 0.528. The quantitative estimate of drug-likeness (QED) is 0.849. The van der Waals surface area contributed by atoms with Crippen LogP contribution in [-0.2, 0) is 6.54 Å². The third-order valence-corrected chi connectivity index (χ3v) is 3.42. The molecule has 1 aliphatic carbocycles. The Kier molecular flexibility index (Phi) is 3.85. The number of anilines is 2. The molecule has 1 aliphatic rings. The molecule has 0 aliphatic heterocycles. The Balaban J connectivity index is 1.73. The molecule has 21 heavy (non-hydrogen) atoms. The lowest BCUT2D eigenvalue weighted by atomic mass is 10.2. The minimum Gasteiger partial charge on any atom is -0.481 e. The van der Waals surface area contributed by atoms with Crippen molar-refractivity contribution in [2.45, 2.75) is 25.3 Å². The second-order valence-corrected chi connectivity index (χ2v) is 5.08. The second-order valence-electron chi connectivity index (χ2n) is 5.08. The van der Waals surface area contributed by atoms with Crippen LogP contribution in [0.15, 0.2) is 24.4 Å². The lowest BCUT2D eigenvalue weighted by Gasteiger charge is -2.10. The van der Waals surface area contributed by atoms with Crippen LogP contribution in [0.3, 0.4) is 0 Å². The second kappa shape index (κ2) is 5.95. The fourth-order valence-electron chi connectivity index (χ4n) is 2.07. The van der Waals surface area contributed by atoms with Crippen LogP contribution in [0.2, 0.25) is 0 Å². The summed E-state index contributed by atoms with van der Waals surface area (Å²) in [6.45, 7) is 0.670. The summed E-state index contributed by atoms with van der Waals surface area (Å²) >= 11 is 0. The summed E-state index contributed by atoms with van der Waals surface area (Å²) in [6, 6.07) is 5.79. The van der Waals surface area contributed by atoms with E-state index in [0.29, 0.717) is 18.3 Å². The molecule has 0 saturated heterocycles. The molecule has 0 amide bonds. The van der Waals surface area contributed by atoms with Crippen molar-refractivity contribution in [3.05, 3.63) is 35.8 Å². The van der Waals surface area contributed by atoms with Crippen molar-refractivity contribution in [1.29, 1.82) is 0 Å². The summed E-state index contributed by atoms with van der Waals surface area (Å²) in [5, 5.41) is 6.42. The molecule has 6 nitrogen and oxygen atoms in total. The normalized spacial score (nSPS) is 13.8. The summed E-state index contributed by atoms with van der Waals surface area (Å²) in [7, 11) is 3.49. The van der Waals surface area contributed by atoms with Gasteiger partial charge in [-0.25, -0.2) is 15.0 Å². The van der Waals surface area contributed by atoms with E-state index in [1.165, 1.54) is 12.8 Å². The molecule has 2 heterocycles. The number of rotatable bonds is 6. The van der Waals surface area contributed by atoms with E-state index in [9.17, 15) is 0 Å². The van der Waals surface area contributed by atoms with Gasteiger partial charge in [0.1, 0.15) is 17.5 Å². The van der Waals surface area contributed by atoms with Gasteiger partial charge < -0.3 is 15.4 Å². The Morgan fingerprint density at radius 1 is 1.24 bits per heavy atom. The topological polar surface area (TPSA) is 72.0 Å². The molecule has 0 aromatic carbocycles. The van der Waals surface area contributed by atoms with Gasteiger partial charge in [0.25, 0.3) is 0 Å². The number of hydrogen-bond donors (Lipinski definition) is 2. The van der Waals surface area contributed by atoms with Gasteiger partial charge in [0.05, 0.1) is 7.11 Å². The van der Waals surface area contributed by atoms with Crippen molar-refractivity contribution in [3.8, 4) is 5.88 Å². The molecule has 0 spiro atoms. The average Bonchev–Trinajstić information content (AvgIpc) is 3.37. The van der Waals surface area contributed by atoms with Crippen molar-refractivity contribution in [3.63, 3.8) is 0 Å².